The molecule has 0 radical (unpaired) electrons. The number of hydrogen-bond acceptors (Lipinski definition) is 4. The van der Waals surface area contributed by atoms with Crippen molar-refractivity contribution in [2.45, 2.75) is 77.4 Å². The molecule has 0 spiro atoms. The molecule has 4 nitrogen and oxygen atoms in total. The molecule has 2 aliphatic carbocycles. The van der Waals surface area contributed by atoms with Gasteiger partial charge in [-0.15, -0.1) is 0 Å². The van der Waals surface area contributed by atoms with Crippen LogP contribution in [0.4, 0.5) is 0 Å². The van der Waals surface area contributed by atoms with Crippen molar-refractivity contribution in [1.29, 1.82) is 0 Å². The van der Waals surface area contributed by atoms with Gasteiger partial charge < -0.3 is 19.7 Å². The summed E-state index contributed by atoms with van der Waals surface area (Å²) in [5.41, 5.74) is 2.66. The van der Waals surface area contributed by atoms with E-state index in [0.29, 0.717) is 11.7 Å². The van der Waals surface area contributed by atoms with Gasteiger partial charge in [0.05, 0.1) is 19.6 Å². The van der Waals surface area contributed by atoms with Gasteiger partial charge in [0.25, 0.3) is 0 Å². The average Bonchev–Trinajstić information content (AvgIpc) is 2.58. The summed E-state index contributed by atoms with van der Waals surface area (Å²) in [5, 5.41) is 21.3. The highest BCUT2D eigenvalue weighted by Gasteiger charge is 2.57. The molecule has 2 atom stereocenters. The van der Waals surface area contributed by atoms with Crippen molar-refractivity contribution in [3.8, 4) is 11.5 Å². The lowest BCUT2D eigenvalue weighted by Gasteiger charge is -2.56. The molecule has 0 aliphatic heterocycles. The first-order chi connectivity index (χ1) is 12.2. The van der Waals surface area contributed by atoms with Crippen molar-refractivity contribution in [2.24, 2.45) is 11.3 Å². The Morgan fingerprint density at radius 3 is 2.27 bits per heavy atom. The molecule has 0 bridgehead atoms. The summed E-state index contributed by atoms with van der Waals surface area (Å²) < 4.78 is 11.6. The van der Waals surface area contributed by atoms with Gasteiger partial charge in [0.2, 0.25) is 0 Å². The van der Waals surface area contributed by atoms with Gasteiger partial charge >= 0.3 is 0 Å². The molecule has 0 aromatic heterocycles. The van der Waals surface area contributed by atoms with Crippen LogP contribution in [0.1, 0.15) is 76.0 Å². The van der Waals surface area contributed by atoms with Gasteiger partial charge in [0.1, 0.15) is 0 Å². The number of fused-ring (bicyclic) bond motifs is 3. The number of ether oxygens (including phenoxy) is 2. The van der Waals surface area contributed by atoms with Crippen LogP contribution in [0.2, 0.25) is 0 Å². The lowest BCUT2D eigenvalue weighted by Crippen LogP contribution is -2.56. The third-order valence-corrected chi connectivity index (χ3v) is 6.98. The summed E-state index contributed by atoms with van der Waals surface area (Å²) in [6.45, 7) is 8.84. The van der Waals surface area contributed by atoms with Crippen molar-refractivity contribution < 1.29 is 19.7 Å². The zero-order valence-electron chi connectivity index (χ0n) is 17.1. The summed E-state index contributed by atoms with van der Waals surface area (Å²) in [6, 6.07) is 2.21. The second kappa shape index (κ2) is 6.72. The SMILES string of the molecule is COc1c(C(C)C)cc2c(c1OC)C1(C(O)O)CCCC(C)(C)C1CC2. The van der Waals surface area contributed by atoms with E-state index in [1.165, 1.54) is 5.56 Å². The monoisotopic (exact) mass is 362 g/mol. The average molecular weight is 363 g/mol. The highest BCUT2D eigenvalue weighted by atomic mass is 16.5. The van der Waals surface area contributed by atoms with Crippen LogP contribution in [0.25, 0.3) is 0 Å². The van der Waals surface area contributed by atoms with Crippen LogP contribution in [0.15, 0.2) is 6.07 Å². The second-order valence-electron chi connectivity index (χ2n) is 9.07. The third kappa shape index (κ3) is 2.65. The van der Waals surface area contributed by atoms with Crippen molar-refractivity contribution in [3.63, 3.8) is 0 Å². The molecule has 4 heteroatoms. The van der Waals surface area contributed by atoms with E-state index < -0.39 is 11.7 Å². The van der Waals surface area contributed by atoms with Crippen LogP contribution < -0.4 is 9.47 Å². The Bertz CT molecular complexity index is 677. The third-order valence-electron chi connectivity index (χ3n) is 6.98. The zero-order valence-corrected chi connectivity index (χ0v) is 17.1. The van der Waals surface area contributed by atoms with Crippen molar-refractivity contribution in [3.05, 3.63) is 22.8 Å². The summed E-state index contributed by atoms with van der Waals surface area (Å²) in [7, 11) is 3.33. The lowest BCUT2D eigenvalue weighted by molar-refractivity contribution is -0.158. The summed E-state index contributed by atoms with van der Waals surface area (Å²) in [6.07, 6.45) is 3.38. The smallest absolute Gasteiger partial charge is 0.165 e. The molecule has 0 heterocycles. The predicted octanol–water partition coefficient (Wildman–Crippen LogP) is 4.15. The van der Waals surface area contributed by atoms with Crippen molar-refractivity contribution >= 4 is 0 Å². The van der Waals surface area contributed by atoms with Crippen LogP contribution >= 0.6 is 0 Å². The minimum atomic E-state index is -1.41. The molecule has 2 N–H and O–H groups in total. The van der Waals surface area contributed by atoms with Crippen LogP contribution in [-0.2, 0) is 11.8 Å². The molecule has 1 fully saturated rings. The molecule has 26 heavy (non-hydrogen) atoms. The van der Waals surface area contributed by atoms with E-state index in [-0.39, 0.29) is 11.3 Å². The fourth-order valence-corrected chi connectivity index (χ4v) is 5.83. The Labute approximate surface area is 157 Å². The molecule has 2 unspecified atom stereocenters. The van der Waals surface area contributed by atoms with Crippen LogP contribution in [0.3, 0.4) is 0 Å². The Morgan fingerprint density at radius 1 is 1.08 bits per heavy atom. The summed E-state index contributed by atoms with van der Waals surface area (Å²) in [5.74, 6) is 1.95. The van der Waals surface area contributed by atoms with E-state index in [1.807, 2.05) is 0 Å². The number of methoxy groups -OCH3 is 2. The first kappa shape index (κ1) is 19.5. The molecule has 0 saturated heterocycles. The number of aliphatic hydroxyl groups excluding tert-OH is 1. The van der Waals surface area contributed by atoms with Gasteiger partial charge in [-0.1, -0.05) is 40.2 Å². The van der Waals surface area contributed by atoms with Gasteiger partial charge in [-0.3, -0.25) is 0 Å². The van der Waals surface area contributed by atoms with Crippen molar-refractivity contribution in [1.82, 2.24) is 0 Å². The number of benzene rings is 1. The van der Waals surface area contributed by atoms with Gasteiger partial charge in [0, 0.05) is 11.1 Å². The van der Waals surface area contributed by atoms with Gasteiger partial charge in [-0.2, -0.15) is 0 Å². The number of aliphatic hydroxyl groups is 2. The number of hydrogen-bond donors (Lipinski definition) is 2. The maximum absolute atomic E-state index is 10.7. The Kier molecular flexibility index (Phi) is 5.04. The largest absolute Gasteiger partial charge is 0.493 e. The molecule has 146 valence electrons. The Morgan fingerprint density at radius 2 is 1.73 bits per heavy atom. The summed E-state index contributed by atoms with van der Waals surface area (Å²) >= 11 is 0. The first-order valence-electron chi connectivity index (χ1n) is 9.85. The molecule has 1 aromatic carbocycles. The zero-order chi connectivity index (χ0) is 19.3. The molecular formula is C22H34O4. The normalized spacial score (nSPS) is 27.2. The number of rotatable bonds is 4. The van der Waals surface area contributed by atoms with E-state index in [9.17, 15) is 10.2 Å². The first-order valence-corrected chi connectivity index (χ1v) is 9.85. The van der Waals surface area contributed by atoms with Gasteiger partial charge in [-0.25, -0.2) is 0 Å². The maximum atomic E-state index is 10.7. The number of aryl methyl sites for hydroxylation is 1. The lowest BCUT2D eigenvalue weighted by atomic mass is 9.49. The van der Waals surface area contributed by atoms with E-state index >= 15 is 0 Å². The summed E-state index contributed by atoms with van der Waals surface area (Å²) in [4.78, 5) is 0. The topological polar surface area (TPSA) is 58.9 Å². The van der Waals surface area contributed by atoms with E-state index in [0.717, 1.165) is 49.0 Å². The van der Waals surface area contributed by atoms with Crippen LogP contribution in [0.5, 0.6) is 11.5 Å². The van der Waals surface area contributed by atoms with Crippen LogP contribution in [0, 0.1) is 11.3 Å². The molecule has 0 amide bonds. The second-order valence-corrected chi connectivity index (χ2v) is 9.07. The highest BCUT2D eigenvalue weighted by molar-refractivity contribution is 5.61. The fourth-order valence-electron chi connectivity index (χ4n) is 5.83. The predicted molar refractivity (Wildman–Crippen MR) is 103 cm³/mol. The molecule has 1 saturated carbocycles. The highest BCUT2D eigenvalue weighted by Crippen LogP contribution is 2.61. The minimum absolute atomic E-state index is 0.0641. The van der Waals surface area contributed by atoms with Gasteiger partial charge in [0.15, 0.2) is 17.8 Å². The standard InChI is InChI=1S/C22H34O4/c1-13(2)15-12-14-8-9-16-21(3,4)10-7-11-22(16,20(23)24)17(14)19(26-6)18(15)25-5/h12-13,16,20,23-24H,7-11H2,1-6H3. The molecular weight excluding hydrogens is 328 g/mol. The Balaban J connectivity index is 2.34. The maximum Gasteiger partial charge on any atom is 0.165 e. The fraction of sp³-hybridized carbons (Fsp3) is 0.727. The van der Waals surface area contributed by atoms with E-state index in [1.54, 1.807) is 14.2 Å². The molecule has 2 aliphatic rings. The molecule has 3 rings (SSSR count). The van der Waals surface area contributed by atoms with Gasteiger partial charge in [-0.05, 0) is 48.5 Å². The Hall–Kier alpha value is -1.26. The van der Waals surface area contributed by atoms with E-state index in [4.69, 9.17) is 9.47 Å². The quantitative estimate of drug-likeness (QED) is 0.790. The minimum Gasteiger partial charge on any atom is -0.493 e. The van der Waals surface area contributed by atoms with Crippen molar-refractivity contribution in [2.75, 3.05) is 14.2 Å². The van der Waals surface area contributed by atoms with Crippen LogP contribution in [-0.4, -0.2) is 30.7 Å². The van der Waals surface area contributed by atoms with E-state index in [2.05, 4.69) is 33.8 Å². The molecule has 1 aromatic rings.